The SMILES string of the molecule is OB(O)c1cc(F)cc(CSCC2CCCC2)c1. The second-order valence-corrected chi connectivity index (χ2v) is 5.96. The largest absolute Gasteiger partial charge is 0.488 e. The van der Waals surface area contributed by atoms with E-state index in [4.69, 9.17) is 10.0 Å². The lowest BCUT2D eigenvalue weighted by Crippen LogP contribution is -2.30. The number of benzene rings is 1. The van der Waals surface area contributed by atoms with Crippen molar-refractivity contribution in [2.24, 2.45) is 5.92 Å². The molecule has 0 aromatic heterocycles. The summed E-state index contributed by atoms with van der Waals surface area (Å²) in [5.41, 5.74) is 1.05. The maximum Gasteiger partial charge on any atom is 0.488 e. The predicted octanol–water partition coefficient (Wildman–Crippen LogP) is 1.93. The van der Waals surface area contributed by atoms with Crippen LogP contribution in [0.5, 0.6) is 0 Å². The first-order valence-corrected chi connectivity index (χ1v) is 7.54. The zero-order chi connectivity index (χ0) is 13.0. The summed E-state index contributed by atoms with van der Waals surface area (Å²) in [5, 5.41) is 18.1. The van der Waals surface area contributed by atoms with Crippen molar-refractivity contribution in [3.8, 4) is 0 Å². The third-order valence-corrected chi connectivity index (χ3v) is 4.62. The van der Waals surface area contributed by atoms with Crippen molar-refractivity contribution in [2.75, 3.05) is 5.75 Å². The molecule has 0 bridgehead atoms. The molecule has 2 nitrogen and oxygen atoms in total. The first kappa shape index (κ1) is 13.9. The van der Waals surface area contributed by atoms with Gasteiger partial charge < -0.3 is 10.0 Å². The minimum absolute atomic E-state index is 0.228. The third kappa shape index (κ3) is 4.00. The van der Waals surface area contributed by atoms with Gasteiger partial charge in [0, 0.05) is 5.75 Å². The van der Waals surface area contributed by atoms with E-state index in [1.165, 1.54) is 31.7 Å². The van der Waals surface area contributed by atoms with Crippen molar-refractivity contribution in [1.82, 2.24) is 0 Å². The molecule has 0 heterocycles. The fraction of sp³-hybridized carbons (Fsp3) is 0.538. The van der Waals surface area contributed by atoms with Gasteiger partial charge in [0.05, 0.1) is 0 Å². The summed E-state index contributed by atoms with van der Waals surface area (Å²) in [4.78, 5) is 0. The van der Waals surface area contributed by atoms with Crippen LogP contribution < -0.4 is 5.46 Å². The average Bonchev–Trinajstić information content (AvgIpc) is 2.81. The fourth-order valence-corrected chi connectivity index (χ4v) is 3.62. The van der Waals surface area contributed by atoms with Crippen LogP contribution in [-0.2, 0) is 5.75 Å². The van der Waals surface area contributed by atoms with E-state index in [1.807, 2.05) is 0 Å². The molecule has 1 aromatic rings. The Hall–Kier alpha value is -0.515. The minimum atomic E-state index is -1.60. The summed E-state index contributed by atoms with van der Waals surface area (Å²) < 4.78 is 13.3. The van der Waals surface area contributed by atoms with Gasteiger partial charge in [-0.2, -0.15) is 11.8 Å². The van der Waals surface area contributed by atoms with E-state index in [0.717, 1.165) is 29.1 Å². The second kappa shape index (κ2) is 6.59. The molecule has 1 saturated carbocycles. The quantitative estimate of drug-likeness (QED) is 0.802. The van der Waals surface area contributed by atoms with Crippen LogP contribution in [-0.4, -0.2) is 22.9 Å². The van der Waals surface area contributed by atoms with E-state index in [2.05, 4.69) is 0 Å². The van der Waals surface area contributed by atoms with Crippen molar-refractivity contribution < 1.29 is 14.4 Å². The van der Waals surface area contributed by atoms with E-state index >= 15 is 0 Å². The topological polar surface area (TPSA) is 40.5 Å². The van der Waals surface area contributed by atoms with Gasteiger partial charge in [0.2, 0.25) is 0 Å². The maximum absolute atomic E-state index is 13.3. The first-order valence-electron chi connectivity index (χ1n) is 6.38. The lowest BCUT2D eigenvalue weighted by atomic mass is 9.79. The van der Waals surface area contributed by atoms with E-state index in [0.29, 0.717) is 0 Å². The summed E-state index contributed by atoms with van der Waals surface area (Å²) >= 11 is 1.80. The molecule has 18 heavy (non-hydrogen) atoms. The molecular weight excluding hydrogens is 250 g/mol. The number of halogens is 1. The molecule has 2 N–H and O–H groups in total. The van der Waals surface area contributed by atoms with Gasteiger partial charge in [-0.1, -0.05) is 18.9 Å². The molecule has 0 saturated heterocycles. The highest BCUT2D eigenvalue weighted by Crippen LogP contribution is 2.28. The molecule has 1 aromatic carbocycles. The first-order chi connectivity index (χ1) is 8.65. The molecule has 0 radical (unpaired) electrons. The molecule has 0 atom stereocenters. The van der Waals surface area contributed by atoms with E-state index in [-0.39, 0.29) is 5.46 Å². The van der Waals surface area contributed by atoms with Gasteiger partial charge >= 0.3 is 7.12 Å². The molecular formula is C13H18BFO2S. The molecule has 1 aliphatic rings. The van der Waals surface area contributed by atoms with Gasteiger partial charge in [-0.15, -0.1) is 0 Å². The maximum atomic E-state index is 13.3. The normalized spacial score (nSPS) is 16.2. The number of hydrogen-bond donors (Lipinski definition) is 2. The third-order valence-electron chi connectivity index (χ3n) is 3.38. The number of thioether (sulfide) groups is 1. The monoisotopic (exact) mass is 268 g/mol. The fourth-order valence-electron chi connectivity index (χ4n) is 2.43. The molecule has 2 rings (SSSR count). The summed E-state index contributed by atoms with van der Waals surface area (Å²) in [6.07, 6.45) is 5.31. The smallest absolute Gasteiger partial charge is 0.423 e. The Balaban J connectivity index is 1.88. The lowest BCUT2D eigenvalue weighted by molar-refractivity contribution is 0.425. The van der Waals surface area contributed by atoms with Crippen molar-refractivity contribution >= 4 is 24.3 Å². The Bertz CT molecular complexity index is 395. The highest BCUT2D eigenvalue weighted by Gasteiger charge is 2.16. The zero-order valence-electron chi connectivity index (χ0n) is 10.3. The van der Waals surface area contributed by atoms with Gasteiger partial charge in [0.15, 0.2) is 0 Å². The van der Waals surface area contributed by atoms with Gasteiger partial charge in [-0.3, -0.25) is 0 Å². The lowest BCUT2D eigenvalue weighted by Gasteiger charge is -2.09. The summed E-state index contributed by atoms with van der Waals surface area (Å²) in [5.74, 6) is 2.25. The second-order valence-electron chi connectivity index (χ2n) is 4.93. The Labute approximate surface area is 112 Å². The Morgan fingerprint density at radius 1 is 1.22 bits per heavy atom. The highest BCUT2D eigenvalue weighted by molar-refractivity contribution is 7.98. The van der Waals surface area contributed by atoms with E-state index in [1.54, 1.807) is 17.8 Å². The molecule has 0 aliphatic heterocycles. The Kier molecular flexibility index (Phi) is 5.09. The molecule has 1 aliphatic carbocycles. The zero-order valence-corrected chi connectivity index (χ0v) is 11.1. The van der Waals surface area contributed by atoms with Crippen molar-refractivity contribution in [2.45, 2.75) is 31.4 Å². The van der Waals surface area contributed by atoms with Gasteiger partial charge in [0.25, 0.3) is 0 Å². The highest BCUT2D eigenvalue weighted by atomic mass is 32.2. The molecule has 0 spiro atoms. The van der Waals surface area contributed by atoms with Crippen LogP contribution in [0, 0.1) is 11.7 Å². The summed E-state index contributed by atoms with van der Waals surface area (Å²) in [6, 6.07) is 4.29. The molecule has 5 heteroatoms. The van der Waals surface area contributed by atoms with Crippen LogP contribution in [0.3, 0.4) is 0 Å². The van der Waals surface area contributed by atoms with Crippen molar-refractivity contribution in [1.29, 1.82) is 0 Å². The summed E-state index contributed by atoms with van der Waals surface area (Å²) in [6.45, 7) is 0. The van der Waals surface area contributed by atoms with E-state index < -0.39 is 12.9 Å². The van der Waals surface area contributed by atoms with Gasteiger partial charge in [0.1, 0.15) is 5.82 Å². The summed E-state index contributed by atoms with van der Waals surface area (Å²) in [7, 11) is -1.60. The minimum Gasteiger partial charge on any atom is -0.423 e. The van der Waals surface area contributed by atoms with Crippen LogP contribution in [0.25, 0.3) is 0 Å². The van der Waals surface area contributed by atoms with Crippen molar-refractivity contribution in [3.63, 3.8) is 0 Å². The van der Waals surface area contributed by atoms with Crippen LogP contribution in [0.2, 0.25) is 0 Å². The predicted molar refractivity (Wildman–Crippen MR) is 74.3 cm³/mol. The molecule has 98 valence electrons. The average molecular weight is 268 g/mol. The molecule has 0 amide bonds. The Morgan fingerprint density at radius 3 is 2.61 bits per heavy atom. The Morgan fingerprint density at radius 2 is 1.94 bits per heavy atom. The van der Waals surface area contributed by atoms with Crippen LogP contribution in [0.15, 0.2) is 18.2 Å². The number of rotatable bonds is 5. The molecule has 1 fully saturated rings. The van der Waals surface area contributed by atoms with Crippen molar-refractivity contribution in [3.05, 3.63) is 29.6 Å². The standard InChI is InChI=1S/C13H18BFO2S/c15-13-6-11(5-12(7-13)14(16)17)9-18-8-10-3-1-2-4-10/h5-7,10,16-17H,1-4,8-9H2. The van der Waals surface area contributed by atoms with Gasteiger partial charge in [-0.05, 0) is 47.7 Å². The van der Waals surface area contributed by atoms with E-state index in [9.17, 15) is 4.39 Å². The molecule has 0 unspecified atom stereocenters. The van der Waals surface area contributed by atoms with Crippen LogP contribution >= 0.6 is 11.8 Å². The van der Waals surface area contributed by atoms with Crippen LogP contribution in [0.1, 0.15) is 31.2 Å². The van der Waals surface area contributed by atoms with Crippen LogP contribution in [0.4, 0.5) is 4.39 Å². The van der Waals surface area contributed by atoms with Gasteiger partial charge in [-0.25, -0.2) is 4.39 Å². The number of hydrogen-bond acceptors (Lipinski definition) is 3.